The average molecular weight is 595 g/mol. The number of carbonyl (C=O) groups excluding carboxylic acids is 3. The Morgan fingerprint density at radius 2 is 1.79 bits per heavy atom. The zero-order chi connectivity index (χ0) is 30.2. The molecule has 13 nitrogen and oxygen atoms in total. The maximum atomic E-state index is 13.4. The molecule has 0 aliphatic carbocycles. The summed E-state index contributed by atoms with van der Waals surface area (Å²) in [5.74, 6) is -1.82. The van der Waals surface area contributed by atoms with Gasteiger partial charge in [0.2, 0.25) is 0 Å². The van der Waals surface area contributed by atoms with Crippen molar-refractivity contribution >= 4 is 35.2 Å². The van der Waals surface area contributed by atoms with E-state index in [-0.39, 0.29) is 23.9 Å². The van der Waals surface area contributed by atoms with Crippen molar-refractivity contribution in [3.05, 3.63) is 53.9 Å². The van der Waals surface area contributed by atoms with Crippen molar-refractivity contribution < 1.29 is 33.8 Å². The Morgan fingerprint density at radius 1 is 0.977 bits per heavy atom. The van der Waals surface area contributed by atoms with Gasteiger partial charge in [-0.05, 0) is 49.1 Å². The number of ether oxygens (including phenoxy) is 2. The molecule has 2 aromatic rings. The van der Waals surface area contributed by atoms with Crippen LogP contribution in [-0.4, -0.2) is 109 Å². The molecule has 1 aromatic carbocycles. The molecular formula is C30H38N6O7. The van der Waals surface area contributed by atoms with E-state index in [1.165, 1.54) is 6.20 Å². The Labute approximate surface area is 250 Å². The van der Waals surface area contributed by atoms with Crippen LogP contribution < -0.4 is 15.5 Å². The molecule has 3 aliphatic rings. The lowest BCUT2D eigenvalue weighted by atomic mass is 10.0. The predicted molar refractivity (Wildman–Crippen MR) is 157 cm³/mol. The van der Waals surface area contributed by atoms with Crippen LogP contribution in [0.15, 0.2) is 42.7 Å². The topological polar surface area (TPSA) is 154 Å². The van der Waals surface area contributed by atoms with Gasteiger partial charge in [-0.15, -0.1) is 0 Å². The van der Waals surface area contributed by atoms with Gasteiger partial charge in [0.1, 0.15) is 6.10 Å². The van der Waals surface area contributed by atoms with Gasteiger partial charge < -0.3 is 39.9 Å². The van der Waals surface area contributed by atoms with E-state index >= 15 is 0 Å². The summed E-state index contributed by atoms with van der Waals surface area (Å²) in [7, 11) is 0. The molecule has 4 amide bonds. The predicted octanol–water partition coefficient (Wildman–Crippen LogP) is 2.11. The summed E-state index contributed by atoms with van der Waals surface area (Å²) in [6, 6.07) is 7.67. The van der Waals surface area contributed by atoms with Crippen LogP contribution in [0.4, 0.5) is 16.2 Å². The highest BCUT2D eigenvalue weighted by molar-refractivity contribution is 6.01. The van der Waals surface area contributed by atoms with Crippen molar-refractivity contribution in [3.63, 3.8) is 0 Å². The number of carboxylic acid groups (broad SMARTS) is 1. The van der Waals surface area contributed by atoms with Gasteiger partial charge in [-0.3, -0.25) is 19.4 Å². The first-order valence-electron chi connectivity index (χ1n) is 14.7. The Kier molecular flexibility index (Phi) is 10.1. The summed E-state index contributed by atoms with van der Waals surface area (Å²) < 4.78 is 11.0. The number of aliphatic carboxylic acids is 1. The quantitative estimate of drug-likeness (QED) is 0.417. The van der Waals surface area contributed by atoms with Gasteiger partial charge >= 0.3 is 12.0 Å². The van der Waals surface area contributed by atoms with E-state index in [4.69, 9.17) is 9.47 Å². The molecule has 3 N–H and O–H groups in total. The molecule has 0 spiro atoms. The van der Waals surface area contributed by atoms with E-state index in [9.17, 15) is 24.3 Å². The van der Waals surface area contributed by atoms with Crippen molar-refractivity contribution in [1.29, 1.82) is 0 Å². The number of nitrogens with one attached hydrogen (secondary N) is 2. The highest BCUT2D eigenvalue weighted by atomic mass is 16.5. The first kappa shape index (κ1) is 30.2. The fourth-order valence-electron chi connectivity index (χ4n) is 5.61. The van der Waals surface area contributed by atoms with Crippen molar-refractivity contribution in [2.75, 3.05) is 69.3 Å². The zero-order valence-electron chi connectivity index (χ0n) is 24.1. The molecule has 4 heterocycles. The van der Waals surface area contributed by atoms with Crippen LogP contribution in [0.5, 0.6) is 0 Å². The summed E-state index contributed by atoms with van der Waals surface area (Å²) >= 11 is 0. The second-order valence-electron chi connectivity index (χ2n) is 10.8. The second-order valence-corrected chi connectivity index (χ2v) is 10.8. The maximum Gasteiger partial charge on any atom is 0.320 e. The first-order valence-corrected chi connectivity index (χ1v) is 14.7. The van der Waals surface area contributed by atoms with Gasteiger partial charge in [0.25, 0.3) is 11.8 Å². The van der Waals surface area contributed by atoms with E-state index in [1.54, 1.807) is 36.5 Å². The number of rotatable bonds is 8. The summed E-state index contributed by atoms with van der Waals surface area (Å²) in [5.41, 5.74) is 2.03. The van der Waals surface area contributed by atoms with Gasteiger partial charge in [-0.25, -0.2) is 4.79 Å². The molecular weight excluding hydrogens is 556 g/mol. The maximum absolute atomic E-state index is 13.4. The average Bonchev–Trinajstić information content (AvgIpc) is 3.46. The highest BCUT2D eigenvalue weighted by Gasteiger charge is 2.28. The third-order valence-corrected chi connectivity index (χ3v) is 7.90. The fraction of sp³-hybridized carbons (Fsp3) is 0.500. The summed E-state index contributed by atoms with van der Waals surface area (Å²) in [4.78, 5) is 61.0. The molecule has 2 atom stereocenters. The summed E-state index contributed by atoms with van der Waals surface area (Å²) in [5, 5.41) is 15.2. The molecule has 13 heteroatoms. The highest BCUT2D eigenvalue weighted by Crippen LogP contribution is 2.30. The standard InChI is InChI=1S/C30H38N6O7/c37-27(38)19-23(22-4-1-8-31-20-22)32-28(39)21-6-7-25(24(18-21)33-29(40)26-5-2-15-43-26)34-9-3-10-35(12-11-34)30(41)36-13-16-42-17-14-36/h1,4,6-8,18,20,23,26H,2-3,5,9-17,19H2,(H,32,39)(H,33,40)(H,37,38). The van der Waals surface area contributed by atoms with E-state index in [2.05, 4.69) is 20.5 Å². The minimum absolute atomic E-state index is 0.00797. The van der Waals surface area contributed by atoms with Gasteiger partial charge in [0, 0.05) is 63.8 Å². The molecule has 43 heavy (non-hydrogen) atoms. The van der Waals surface area contributed by atoms with Crippen LogP contribution in [0.3, 0.4) is 0 Å². The lowest BCUT2D eigenvalue weighted by Crippen LogP contribution is -2.49. The van der Waals surface area contributed by atoms with E-state index in [0.29, 0.717) is 76.8 Å². The molecule has 230 valence electrons. The lowest BCUT2D eigenvalue weighted by molar-refractivity contribution is -0.137. The number of morpholine rings is 1. The van der Waals surface area contributed by atoms with Crippen LogP contribution in [0.25, 0.3) is 0 Å². The number of pyridine rings is 1. The molecule has 3 fully saturated rings. The van der Waals surface area contributed by atoms with Gasteiger partial charge in [0.15, 0.2) is 0 Å². The number of carboxylic acids is 1. The van der Waals surface area contributed by atoms with Crippen LogP contribution in [-0.2, 0) is 19.1 Å². The monoisotopic (exact) mass is 594 g/mol. The van der Waals surface area contributed by atoms with E-state index in [1.807, 2.05) is 9.80 Å². The summed E-state index contributed by atoms with van der Waals surface area (Å²) in [6.45, 7) is 5.09. The SMILES string of the molecule is O=C(O)CC(NC(=O)c1ccc(N2CCCN(C(=O)N3CCOCC3)CC2)c(NC(=O)C2CCCO2)c1)c1cccnc1. The van der Waals surface area contributed by atoms with Crippen LogP contribution in [0, 0.1) is 0 Å². The number of aromatic nitrogens is 1. The Balaban J connectivity index is 1.35. The smallest absolute Gasteiger partial charge is 0.320 e. The number of carbonyl (C=O) groups is 4. The molecule has 0 radical (unpaired) electrons. The Bertz CT molecular complexity index is 1300. The molecule has 3 saturated heterocycles. The third kappa shape index (κ3) is 7.79. The number of anilines is 2. The Hall–Kier alpha value is -4.23. The Morgan fingerprint density at radius 3 is 2.51 bits per heavy atom. The molecule has 1 aromatic heterocycles. The van der Waals surface area contributed by atoms with Crippen LogP contribution >= 0.6 is 0 Å². The second kappa shape index (κ2) is 14.3. The van der Waals surface area contributed by atoms with E-state index < -0.39 is 24.0 Å². The molecule has 0 bridgehead atoms. The van der Waals surface area contributed by atoms with E-state index in [0.717, 1.165) is 18.5 Å². The number of hydrogen-bond acceptors (Lipinski definition) is 8. The zero-order valence-corrected chi connectivity index (χ0v) is 24.1. The molecule has 2 unspecified atom stereocenters. The lowest BCUT2D eigenvalue weighted by Gasteiger charge is -2.32. The minimum Gasteiger partial charge on any atom is -0.481 e. The van der Waals surface area contributed by atoms with Crippen molar-refractivity contribution in [2.45, 2.75) is 37.8 Å². The largest absolute Gasteiger partial charge is 0.481 e. The van der Waals surface area contributed by atoms with Gasteiger partial charge in [-0.1, -0.05) is 6.07 Å². The van der Waals surface area contributed by atoms with Gasteiger partial charge in [-0.2, -0.15) is 0 Å². The van der Waals surface area contributed by atoms with Gasteiger partial charge in [0.05, 0.1) is 37.1 Å². The number of benzene rings is 1. The minimum atomic E-state index is -1.06. The normalized spacial score (nSPS) is 19.8. The summed E-state index contributed by atoms with van der Waals surface area (Å²) in [6.07, 6.45) is 4.37. The number of urea groups is 1. The first-order chi connectivity index (χ1) is 20.9. The van der Waals surface area contributed by atoms with Crippen LogP contribution in [0.1, 0.15) is 47.6 Å². The van der Waals surface area contributed by atoms with Crippen molar-refractivity contribution in [2.24, 2.45) is 0 Å². The van der Waals surface area contributed by atoms with Crippen LogP contribution in [0.2, 0.25) is 0 Å². The molecule has 5 rings (SSSR count). The molecule has 0 saturated carbocycles. The number of hydrogen-bond donors (Lipinski definition) is 3. The number of amides is 4. The fourth-order valence-corrected chi connectivity index (χ4v) is 5.61. The van der Waals surface area contributed by atoms with Crippen molar-refractivity contribution in [3.8, 4) is 0 Å². The third-order valence-electron chi connectivity index (χ3n) is 7.90. The number of nitrogens with zero attached hydrogens (tertiary/aromatic N) is 4. The molecule has 3 aliphatic heterocycles. The van der Waals surface area contributed by atoms with Crippen molar-refractivity contribution in [1.82, 2.24) is 20.1 Å².